The number of nitrogens with one attached hydrogen (secondary N) is 1. The fourth-order valence-corrected chi connectivity index (χ4v) is 3.36. The Bertz CT molecular complexity index is 1520. The number of hydrogen-bond acceptors (Lipinski definition) is 7. The first-order valence-corrected chi connectivity index (χ1v) is 10.8. The molecule has 36 heavy (non-hydrogen) atoms. The van der Waals surface area contributed by atoms with Crippen molar-refractivity contribution in [1.29, 1.82) is 0 Å². The number of carbonyl (C=O) groups is 2. The van der Waals surface area contributed by atoms with Crippen molar-refractivity contribution in [2.75, 3.05) is 17.3 Å². The van der Waals surface area contributed by atoms with Crippen LogP contribution in [0.1, 0.15) is 31.1 Å². The minimum absolute atomic E-state index is 0.0484. The van der Waals surface area contributed by atoms with Crippen LogP contribution in [0.4, 0.5) is 26.5 Å². The average molecular weight is 494 g/mol. The van der Waals surface area contributed by atoms with E-state index in [-0.39, 0.29) is 28.5 Å². The second kappa shape index (κ2) is 9.13. The Morgan fingerprint density at radius 1 is 1.17 bits per heavy atom. The molecule has 12 heteroatoms. The predicted molar refractivity (Wildman–Crippen MR) is 130 cm³/mol. The van der Waals surface area contributed by atoms with E-state index < -0.39 is 29.0 Å². The highest BCUT2D eigenvalue weighted by Gasteiger charge is 2.25. The number of aromatic carboxylic acids is 1. The molecule has 1 amide bonds. The third-order valence-corrected chi connectivity index (χ3v) is 5.01. The van der Waals surface area contributed by atoms with Gasteiger partial charge in [0.05, 0.1) is 6.20 Å². The number of amides is 1. The molecule has 0 radical (unpaired) electrons. The van der Waals surface area contributed by atoms with Gasteiger partial charge in [-0.25, -0.2) is 19.0 Å². The van der Waals surface area contributed by atoms with Gasteiger partial charge in [0.1, 0.15) is 34.3 Å². The largest absolute Gasteiger partial charge is 0.477 e. The summed E-state index contributed by atoms with van der Waals surface area (Å²) < 4.78 is 21.2. The molecule has 0 bridgehead atoms. The maximum Gasteiger partial charge on any atom is 0.415 e. The molecule has 1 aromatic carbocycles. The first kappa shape index (κ1) is 24.4. The minimum Gasteiger partial charge on any atom is -0.477 e. The second-order valence-electron chi connectivity index (χ2n) is 8.84. The number of nitrogens with zero attached hydrogens (tertiary/aromatic N) is 5. The summed E-state index contributed by atoms with van der Waals surface area (Å²) in [5.41, 5.74) is -0.921. The van der Waals surface area contributed by atoms with Crippen LogP contribution in [0.15, 0.2) is 59.7 Å². The zero-order valence-electron chi connectivity index (χ0n) is 19.9. The summed E-state index contributed by atoms with van der Waals surface area (Å²) in [4.78, 5) is 43.0. The van der Waals surface area contributed by atoms with E-state index in [1.165, 1.54) is 58.7 Å². The number of carboxylic acids is 1. The lowest BCUT2D eigenvalue weighted by Crippen LogP contribution is -2.35. The molecule has 0 aliphatic carbocycles. The summed E-state index contributed by atoms with van der Waals surface area (Å²) in [5.74, 6) is -1.46. The molecule has 0 unspecified atom stereocenters. The Labute approximate surface area is 204 Å². The Morgan fingerprint density at radius 3 is 2.50 bits per heavy atom. The quantitative estimate of drug-likeness (QED) is 0.428. The molecular formula is C24H23FN6O5. The molecule has 0 spiro atoms. The van der Waals surface area contributed by atoms with Gasteiger partial charge in [-0.1, -0.05) is 0 Å². The van der Waals surface area contributed by atoms with Crippen LogP contribution in [0, 0.1) is 5.82 Å². The number of benzene rings is 1. The molecule has 0 aliphatic heterocycles. The monoisotopic (exact) mass is 494 g/mol. The fourth-order valence-electron chi connectivity index (χ4n) is 3.36. The van der Waals surface area contributed by atoms with Gasteiger partial charge in [-0.05, 0) is 57.2 Å². The number of carbonyl (C=O) groups excluding carboxylic acids is 1. The summed E-state index contributed by atoms with van der Waals surface area (Å²) in [6, 6.07) is 9.96. The smallest absolute Gasteiger partial charge is 0.415 e. The summed E-state index contributed by atoms with van der Waals surface area (Å²) in [7, 11) is 1.44. The number of ether oxygens (including phenoxy) is 1. The number of pyridine rings is 1. The fraction of sp³-hybridized carbons (Fsp3) is 0.208. The van der Waals surface area contributed by atoms with Gasteiger partial charge in [0.2, 0.25) is 0 Å². The summed E-state index contributed by atoms with van der Waals surface area (Å²) in [5, 5.41) is 16.5. The SMILES string of the molecule is CN(C(=O)OC(C)(C)C)c1cc(Nc2cccn(-c3ccc(F)cc3)c2=O)nc2c(C(=O)O)cnn12. The molecule has 0 aliphatic rings. The van der Waals surface area contributed by atoms with Crippen molar-refractivity contribution in [3.05, 3.63) is 76.6 Å². The van der Waals surface area contributed by atoms with Crippen LogP contribution in [0.5, 0.6) is 0 Å². The van der Waals surface area contributed by atoms with E-state index in [0.29, 0.717) is 5.69 Å². The normalized spacial score (nSPS) is 11.4. The van der Waals surface area contributed by atoms with E-state index in [1.54, 1.807) is 26.8 Å². The van der Waals surface area contributed by atoms with Gasteiger partial charge in [0.25, 0.3) is 5.56 Å². The third kappa shape index (κ3) is 4.87. The molecule has 4 aromatic rings. The van der Waals surface area contributed by atoms with Crippen LogP contribution >= 0.6 is 0 Å². The van der Waals surface area contributed by atoms with Crippen LogP contribution in [0.2, 0.25) is 0 Å². The van der Waals surface area contributed by atoms with E-state index in [4.69, 9.17) is 4.74 Å². The number of anilines is 3. The van der Waals surface area contributed by atoms with Gasteiger partial charge < -0.3 is 15.2 Å². The Hall–Kier alpha value is -4.74. The predicted octanol–water partition coefficient (Wildman–Crippen LogP) is 3.83. The zero-order chi connectivity index (χ0) is 26.2. The molecule has 0 saturated carbocycles. The molecule has 3 heterocycles. The van der Waals surface area contributed by atoms with Crippen LogP contribution < -0.4 is 15.8 Å². The molecule has 11 nitrogen and oxygen atoms in total. The number of hydrogen-bond donors (Lipinski definition) is 2. The lowest BCUT2D eigenvalue weighted by Gasteiger charge is -2.25. The van der Waals surface area contributed by atoms with Crippen LogP contribution in [-0.4, -0.2) is 49.0 Å². The van der Waals surface area contributed by atoms with Gasteiger partial charge >= 0.3 is 12.1 Å². The van der Waals surface area contributed by atoms with E-state index in [9.17, 15) is 23.9 Å². The molecule has 186 valence electrons. The highest BCUT2D eigenvalue weighted by Crippen LogP contribution is 2.25. The first-order chi connectivity index (χ1) is 16.9. The Kier molecular flexibility index (Phi) is 6.19. The Balaban J connectivity index is 1.80. The molecule has 0 fully saturated rings. The molecule has 4 rings (SSSR count). The topological polar surface area (TPSA) is 131 Å². The van der Waals surface area contributed by atoms with Crippen molar-refractivity contribution in [3.63, 3.8) is 0 Å². The van der Waals surface area contributed by atoms with Gasteiger partial charge in [-0.3, -0.25) is 14.3 Å². The van der Waals surface area contributed by atoms with Crippen molar-refractivity contribution in [3.8, 4) is 5.69 Å². The van der Waals surface area contributed by atoms with E-state index >= 15 is 0 Å². The van der Waals surface area contributed by atoms with Crippen molar-refractivity contribution in [2.24, 2.45) is 0 Å². The molecule has 3 aromatic heterocycles. The van der Waals surface area contributed by atoms with E-state index in [1.807, 2.05) is 0 Å². The number of aromatic nitrogens is 4. The van der Waals surface area contributed by atoms with Gasteiger partial charge in [0.15, 0.2) is 5.65 Å². The molecular weight excluding hydrogens is 471 g/mol. The summed E-state index contributed by atoms with van der Waals surface area (Å²) >= 11 is 0. The van der Waals surface area contributed by atoms with Gasteiger partial charge in [-0.2, -0.15) is 9.61 Å². The van der Waals surface area contributed by atoms with Gasteiger partial charge in [-0.15, -0.1) is 0 Å². The summed E-state index contributed by atoms with van der Waals surface area (Å²) in [6.45, 7) is 5.14. The summed E-state index contributed by atoms with van der Waals surface area (Å²) in [6.07, 6.45) is 1.94. The highest BCUT2D eigenvalue weighted by molar-refractivity contribution is 5.95. The molecule has 0 saturated heterocycles. The average Bonchev–Trinajstić information content (AvgIpc) is 3.23. The van der Waals surface area contributed by atoms with Crippen LogP contribution in [-0.2, 0) is 4.74 Å². The third-order valence-electron chi connectivity index (χ3n) is 5.01. The maximum atomic E-state index is 13.3. The second-order valence-corrected chi connectivity index (χ2v) is 8.84. The minimum atomic E-state index is -1.26. The highest BCUT2D eigenvalue weighted by atomic mass is 19.1. The Morgan fingerprint density at radius 2 is 1.86 bits per heavy atom. The van der Waals surface area contributed by atoms with Gasteiger partial charge in [0, 0.05) is 25.0 Å². The van der Waals surface area contributed by atoms with Crippen molar-refractivity contribution < 1.29 is 23.8 Å². The van der Waals surface area contributed by atoms with E-state index in [2.05, 4.69) is 15.4 Å². The molecule has 2 N–H and O–H groups in total. The standard InChI is InChI=1S/C24H23FN6O5/c1-24(2,3)36-23(35)29(4)19-12-18(28-20-16(22(33)34)13-26-31(19)20)27-17-6-5-11-30(21(17)32)15-9-7-14(25)8-10-15/h5-13H,1-4H3,(H,27,28)(H,33,34). The maximum absolute atomic E-state index is 13.3. The van der Waals surface area contributed by atoms with Crippen molar-refractivity contribution >= 4 is 35.0 Å². The lowest BCUT2D eigenvalue weighted by atomic mass is 10.2. The van der Waals surface area contributed by atoms with Crippen LogP contribution in [0.3, 0.4) is 0 Å². The number of halogens is 1. The first-order valence-electron chi connectivity index (χ1n) is 10.8. The van der Waals surface area contributed by atoms with Crippen LogP contribution in [0.25, 0.3) is 11.3 Å². The lowest BCUT2D eigenvalue weighted by molar-refractivity contribution is 0.0587. The number of rotatable bonds is 5. The number of fused-ring (bicyclic) bond motifs is 1. The van der Waals surface area contributed by atoms with E-state index in [0.717, 1.165) is 11.1 Å². The molecule has 0 atom stereocenters. The zero-order valence-corrected chi connectivity index (χ0v) is 19.9. The number of carboxylic acid groups (broad SMARTS) is 1. The van der Waals surface area contributed by atoms with Crippen molar-refractivity contribution in [2.45, 2.75) is 26.4 Å². The van der Waals surface area contributed by atoms with Crippen molar-refractivity contribution in [1.82, 2.24) is 19.2 Å².